The normalized spacial score (nSPS) is 15.1. The number of nitrogens with zero attached hydrogens (tertiary/aromatic N) is 2. The number of para-hydroxylation sites is 1. The zero-order valence-electron chi connectivity index (χ0n) is 20.2. The lowest BCUT2D eigenvalue weighted by Gasteiger charge is -2.32. The Bertz CT molecular complexity index is 1090. The number of allylic oxidation sites excluding steroid dienone is 2. The molecule has 2 amide bonds. The summed E-state index contributed by atoms with van der Waals surface area (Å²) in [7, 11) is 1.71. The second-order valence-electron chi connectivity index (χ2n) is 8.72. The van der Waals surface area contributed by atoms with Crippen LogP contribution in [-0.4, -0.2) is 54.1 Å². The maximum absolute atomic E-state index is 13.7. The Balaban J connectivity index is 1.66. The van der Waals surface area contributed by atoms with Crippen molar-refractivity contribution in [2.45, 2.75) is 32.5 Å². The molecule has 0 spiro atoms. The number of amides is 2. The largest absolute Gasteiger partial charge is 0.433 e. The average molecular weight is 502 g/mol. The van der Waals surface area contributed by atoms with Crippen molar-refractivity contribution in [1.82, 2.24) is 9.80 Å². The summed E-state index contributed by atoms with van der Waals surface area (Å²) in [5.74, 6) is -0.108. The molecule has 1 saturated heterocycles. The van der Waals surface area contributed by atoms with Gasteiger partial charge < -0.3 is 25.8 Å². The summed E-state index contributed by atoms with van der Waals surface area (Å²) in [5.41, 5.74) is -0.0610. The maximum atomic E-state index is 13.7. The Hall–Kier alpha value is -3.82. The van der Waals surface area contributed by atoms with Crippen LogP contribution in [0.4, 0.5) is 24.5 Å². The fourth-order valence-electron chi connectivity index (χ4n) is 4.08. The minimum atomic E-state index is -4.71. The molecule has 3 rings (SSSR count). The summed E-state index contributed by atoms with van der Waals surface area (Å²) < 4.78 is 41.2. The number of nitrogens with one attached hydrogen (secondary N) is 3. The van der Waals surface area contributed by atoms with E-state index >= 15 is 0 Å². The molecule has 3 N–H and O–H groups in total. The topological polar surface area (TPSA) is 88.5 Å². The molecule has 36 heavy (non-hydrogen) atoms. The molecule has 2 aromatic carbocycles. The zero-order chi connectivity index (χ0) is 26.3. The van der Waals surface area contributed by atoms with Crippen molar-refractivity contribution >= 4 is 29.4 Å². The van der Waals surface area contributed by atoms with E-state index in [1.165, 1.54) is 19.1 Å². The zero-order valence-corrected chi connectivity index (χ0v) is 20.2. The maximum Gasteiger partial charge on any atom is 0.433 e. The van der Waals surface area contributed by atoms with Crippen molar-refractivity contribution in [2.24, 2.45) is 5.92 Å². The number of halogens is 3. The highest BCUT2D eigenvalue weighted by molar-refractivity contribution is 5.83. The summed E-state index contributed by atoms with van der Waals surface area (Å²) in [5, 5.41) is 12.6. The summed E-state index contributed by atoms with van der Waals surface area (Å²) in [6, 6.07) is 14.6. The van der Waals surface area contributed by atoms with E-state index in [1.54, 1.807) is 59.3 Å². The van der Waals surface area contributed by atoms with Crippen molar-refractivity contribution in [1.29, 1.82) is 5.41 Å². The van der Waals surface area contributed by atoms with Crippen molar-refractivity contribution in [2.75, 3.05) is 30.8 Å². The van der Waals surface area contributed by atoms with Crippen LogP contribution in [0.2, 0.25) is 0 Å². The highest BCUT2D eigenvalue weighted by Gasteiger charge is 2.37. The molecule has 1 fully saturated rings. The van der Waals surface area contributed by atoms with Gasteiger partial charge in [-0.15, -0.1) is 0 Å². The Morgan fingerprint density at radius 3 is 2.14 bits per heavy atom. The van der Waals surface area contributed by atoms with E-state index in [0.29, 0.717) is 44.4 Å². The summed E-state index contributed by atoms with van der Waals surface area (Å²) in [6.07, 6.45) is -2.83. The Kier molecular flexibility index (Phi) is 8.73. The van der Waals surface area contributed by atoms with Crippen LogP contribution in [0.3, 0.4) is 0 Å². The van der Waals surface area contributed by atoms with Crippen molar-refractivity contribution in [3.8, 4) is 0 Å². The number of carbonyl (C=O) groups is 2. The molecular formula is C26H30F3N5O2. The van der Waals surface area contributed by atoms with Gasteiger partial charge in [-0.3, -0.25) is 9.59 Å². The summed E-state index contributed by atoms with van der Waals surface area (Å²) in [6.45, 7) is 3.02. The standard InChI is InChI=1S/C26H30F3N5O2/c1-18(35)34-14-12-20(13-15-34)25(36)33(2)17-19-8-10-22(11-9-19)31-23(16-30)24(26(27,28)29)32-21-6-4-3-5-7-21/h3-11,16,20,30-32H,12-15,17H2,1-2H3/b24-23+,30-16?. The van der Waals surface area contributed by atoms with Gasteiger partial charge in [-0.25, -0.2) is 0 Å². The van der Waals surface area contributed by atoms with Gasteiger partial charge in [0.2, 0.25) is 11.8 Å². The smallest absolute Gasteiger partial charge is 0.353 e. The van der Waals surface area contributed by atoms with Crippen LogP contribution in [0.5, 0.6) is 0 Å². The second-order valence-corrected chi connectivity index (χ2v) is 8.72. The van der Waals surface area contributed by atoms with Crippen LogP contribution in [0, 0.1) is 11.3 Å². The van der Waals surface area contributed by atoms with Gasteiger partial charge in [0.1, 0.15) is 5.70 Å². The number of rotatable bonds is 8. The number of carbonyl (C=O) groups excluding carboxylic acids is 2. The van der Waals surface area contributed by atoms with Crippen LogP contribution >= 0.6 is 0 Å². The van der Waals surface area contributed by atoms with Gasteiger partial charge in [0, 0.05) is 57.1 Å². The lowest BCUT2D eigenvalue weighted by molar-refractivity contribution is -0.139. The van der Waals surface area contributed by atoms with E-state index in [2.05, 4.69) is 10.6 Å². The van der Waals surface area contributed by atoms with E-state index in [-0.39, 0.29) is 23.4 Å². The van der Waals surface area contributed by atoms with E-state index in [4.69, 9.17) is 5.41 Å². The fraction of sp³-hybridized carbons (Fsp3) is 0.346. The molecule has 0 saturated carbocycles. The van der Waals surface area contributed by atoms with Gasteiger partial charge in [-0.05, 0) is 42.7 Å². The van der Waals surface area contributed by atoms with Gasteiger partial charge in [0.25, 0.3) is 0 Å². The molecule has 0 radical (unpaired) electrons. The third-order valence-corrected chi connectivity index (χ3v) is 6.06. The van der Waals surface area contributed by atoms with Crippen molar-refractivity contribution < 1.29 is 22.8 Å². The number of likely N-dealkylation sites (tertiary alicyclic amines) is 1. The van der Waals surface area contributed by atoms with E-state index < -0.39 is 17.6 Å². The van der Waals surface area contributed by atoms with Gasteiger partial charge in [-0.1, -0.05) is 30.3 Å². The van der Waals surface area contributed by atoms with Crippen molar-refractivity contribution in [3.05, 3.63) is 71.6 Å². The third-order valence-electron chi connectivity index (χ3n) is 6.06. The quantitative estimate of drug-likeness (QED) is 0.451. The predicted octanol–water partition coefficient (Wildman–Crippen LogP) is 4.85. The number of anilines is 2. The SMILES string of the molecule is CC(=O)N1CCC(C(=O)N(C)Cc2ccc(N/C(C=N)=C(/Nc3ccccc3)C(F)(F)F)cc2)CC1. The molecule has 7 nitrogen and oxygen atoms in total. The molecule has 1 aliphatic heterocycles. The molecule has 1 heterocycles. The Labute approximate surface area is 208 Å². The average Bonchev–Trinajstić information content (AvgIpc) is 2.86. The lowest BCUT2D eigenvalue weighted by atomic mass is 9.95. The highest BCUT2D eigenvalue weighted by atomic mass is 19.4. The molecule has 1 aliphatic rings. The summed E-state index contributed by atoms with van der Waals surface area (Å²) >= 11 is 0. The second kappa shape index (κ2) is 11.7. The molecule has 2 aromatic rings. The van der Waals surface area contributed by atoms with Gasteiger partial charge in [-0.2, -0.15) is 13.2 Å². The van der Waals surface area contributed by atoms with E-state index in [1.807, 2.05) is 0 Å². The fourth-order valence-corrected chi connectivity index (χ4v) is 4.08. The van der Waals surface area contributed by atoms with Gasteiger partial charge in [0.05, 0.1) is 5.70 Å². The molecule has 0 unspecified atom stereocenters. The number of hydrogen-bond acceptors (Lipinski definition) is 5. The van der Waals surface area contributed by atoms with Crippen molar-refractivity contribution in [3.63, 3.8) is 0 Å². The lowest BCUT2D eigenvalue weighted by Crippen LogP contribution is -2.42. The molecule has 192 valence electrons. The first-order valence-corrected chi connectivity index (χ1v) is 11.6. The third kappa shape index (κ3) is 7.10. The minimum Gasteiger partial charge on any atom is -0.353 e. The molecule has 0 bridgehead atoms. The van der Waals surface area contributed by atoms with Crippen LogP contribution in [-0.2, 0) is 16.1 Å². The number of piperidine rings is 1. The monoisotopic (exact) mass is 501 g/mol. The van der Waals surface area contributed by atoms with Gasteiger partial charge in [0.15, 0.2) is 0 Å². The number of alkyl halides is 3. The highest BCUT2D eigenvalue weighted by Crippen LogP contribution is 2.30. The first kappa shape index (κ1) is 26.8. The number of benzene rings is 2. The number of hydrogen-bond donors (Lipinski definition) is 3. The summed E-state index contributed by atoms with van der Waals surface area (Å²) in [4.78, 5) is 27.7. The molecule has 0 aliphatic carbocycles. The predicted molar refractivity (Wildman–Crippen MR) is 133 cm³/mol. The Morgan fingerprint density at radius 2 is 1.61 bits per heavy atom. The van der Waals surface area contributed by atoms with Crippen LogP contribution in [0.1, 0.15) is 25.3 Å². The van der Waals surface area contributed by atoms with Crippen LogP contribution in [0.25, 0.3) is 0 Å². The first-order valence-electron chi connectivity index (χ1n) is 11.6. The van der Waals surface area contributed by atoms with Crippen LogP contribution in [0.15, 0.2) is 66.0 Å². The van der Waals surface area contributed by atoms with E-state index in [0.717, 1.165) is 5.56 Å². The van der Waals surface area contributed by atoms with Crippen LogP contribution < -0.4 is 10.6 Å². The molecular weight excluding hydrogens is 471 g/mol. The minimum absolute atomic E-state index is 0.0104. The molecule has 10 heteroatoms. The molecule has 0 atom stereocenters. The Morgan fingerprint density at radius 1 is 1.03 bits per heavy atom. The van der Waals surface area contributed by atoms with E-state index in [9.17, 15) is 22.8 Å². The van der Waals surface area contributed by atoms with Gasteiger partial charge >= 0.3 is 6.18 Å². The molecule has 0 aromatic heterocycles. The first-order chi connectivity index (χ1) is 17.1.